The van der Waals surface area contributed by atoms with E-state index < -0.39 is 4.92 Å². The molecule has 1 aromatic heterocycles. The lowest BCUT2D eigenvalue weighted by Gasteiger charge is -1.97. The topological polar surface area (TPSA) is 111 Å². The van der Waals surface area contributed by atoms with E-state index in [1.54, 1.807) is 0 Å². The summed E-state index contributed by atoms with van der Waals surface area (Å²) in [7, 11) is 0. The summed E-state index contributed by atoms with van der Waals surface area (Å²) in [4.78, 5) is 13.9. The Kier molecular flexibility index (Phi) is 2.45. The van der Waals surface area contributed by atoms with Crippen molar-refractivity contribution in [2.75, 3.05) is 5.73 Å². The second-order valence-corrected chi connectivity index (χ2v) is 3.43. The number of rotatable bonds is 2. The largest absolute Gasteiger partial charge is 0.366 e. The van der Waals surface area contributed by atoms with Gasteiger partial charge in [-0.2, -0.15) is 4.98 Å². The van der Waals surface area contributed by atoms with Crippen LogP contribution in [-0.2, 0) is 0 Å². The fraction of sp³-hybridized carbons (Fsp3) is 0. The zero-order chi connectivity index (χ0) is 11.7. The van der Waals surface area contributed by atoms with Gasteiger partial charge in [-0.1, -0.05) is 11.6 Å². The Morgan fingerprint density at radius 3 is 2.75 bits per heavy atom. The second-order valence-electron chi connectivity index (χ2n) is 3.00. The van der Waals surface area contributed by atoms with Crippen LogP contribution in [0.3, 0.4) is 0 Å². The molecule has 0 radical (unpaired) electrons. The zero-order valence-electron chi connectivity index (χ0n) is 7.85. The number of nitro groups is 1. The molecule has 0 saturated heterocycles. The molecule has 0 saturated carbocycles. The summed E-state index contributed by atoms with van der Waals surface area (Å²) < 4.78 is 0. The van der Waals surface area contributed by atoms with Crippen molar-refractivity contribution in [1.29, 1.82) is 0 Å². The number of aromatic nitrogens is 3. The summed E-state index contributed by atoms with van der Waals surface area (Å²) >= 11 is 5.75. The predicted molar refractivity (Wildman–Crippen MR) is 57.9 cm³/mol. The van der Waals surface area contributed by atoms with Crippen LogP contribution >= 0.6 is 11.6 Å². The average molecular weight is 240 g/mol. The molecule has 0 unspecified atom stereocenters. The van der Waals surface area contributed by atoms with Gasteiger partial charge in [0.05, 0.1) is 4.92 Å². The van der Waals surface area contributed by atoms with Crippen molar-refractivity contribution >= 4 is 23.2 Å². The van der Waals surface area contributed by atoms with Crippen LogP contribution in [0.4, 0.5) is 11.6 Å². The van der Waals surface area contributed by atoms with Crippen LogP contribution in [0.5, 0.6) is 0 Å². The number of halogens is 1. The summed E-state index contributed by atoms with van der Waals surface area (Å²) in [6, 6.07) is 4.13. The minimum absolute atomic E-state index is 0.0672. The van der Waals surface area contributed by atoms with E-state index in [9.17, 15) is 10.1 Å². The Bertz CT molecular complexity index is 553. The van der Waals surface area contributed by atoms with Gasteiger partial charge in [-0.05, 0) is 6.07 Å². The summed E-state index contributed by atoms with van der Waals surface area (Å²) in [5, 5.41) is 17.0. The van der Waals surface area contributed by atoms with Crippen LogP contribution in [0.2, 0.25) is 5.02 Å². The molecule has 0 aliphatic carbocycles. The molecule has 2 rings (SSSR count). The smallest absolute Gasteiger partial charge is 0.271 e. The molecule has 0 spiro atoms. The molecule has 0 atom stereocenters. The van der Waals surface area contributed by atoms with E-state index in [1.807, 2.05) is 0 Å². The van der Waals surface area contributed by atoms with Gasteiger partial charge < -0.3 is 5.73 Å². The Labute approximate surface area is 94.4 Å². The molecule has 0 bridgehead atoms. The monoisotopic (exact) mass is 239 g/mol. The molecule has 0 aliphatic heterocycles. The van der Waals surface area contributed by atoms with E-state index in [1.165, 1.54) is 18.2 Å². The number of benzene rings is 1. The van der Waals surface area contributed by atoms with Gasteiger partial charge >= 0.3 is 0 Å². The number of nitrogen functional groups attached to an aromatic ring is 1. The van der Waals surface area contributed by atoms with E-state index >= 15 is 0 Å². The van der Waals surface area contributed by atoms with Gasteiger partial charge in [-0.25, -0.2) is 0 Å². The zero-order valence-corrected chi connectivity index (χ0v) is 8.60. The normalized spacial score (nSPS) is 10.3. The van der Waals surface area contributed by atoms with Gasteiger partial charge in [-0.3, -0.25) is 15.2 Å². The quantitative estimate of drug-likeness (QED) is 0.611. The van der Waals surface area contributed by atoms with E-state index in [0.29, 0.717) is 11.4 Å². The van der Waals surface area contributed by atoms with E-state index in [4.69, 9.17) is 17.3 Å². The third-order valence-electron chi connectivity index (χ3n) is 1.87. The first kappa shape index (κ1) is 10.4. The number of nitrogens with one attached hydrogen (secondary N) is 1. The van der Waals surface area contributed by atoms with Crippen LogP contribution in [0, 0.1) is 10.1 Å². The van der Waals surface area contributed by atoms with Gasteiger partial charge in [0.1, 0.15) is 0 Å². The van der Waals surface area contributed by atoms with E-state index in [0.717, 1.165) is 0 Å². The summed E-state index contributed by atoms with van der Waals surface area (Å²) in [5.74, 6) is 0.403. The van der Waals surface area contributed by atoms with Crippen LogP contribution in [0.25, 0.3) is 11.4 Å². The Morgan fingerprint density at radius 2 is 2.19 bits per heavy atom. The number of aromatic amines is 1. The number of non-ortho nitro benzene ring substituents is 1. The van der Waals surface area contributed by atoms with Gasteiger partial charge in [0.15, 0.2) is 5.82 Å². The van der Waals surface area contributed by atoms with Crippen LogP contribution in [-0.4, -0.2) is 20.1 Å². The minimum Gasteiger partial charge on any atom is -0.366 e. The van der Waals surface area contributed by atoms with Crippen molar-refractivity contribution in [2.24, 2.45) is 0 Å². The van der Waals surface area contributed by atoms with Crippen molar-refractivity contribution in [2.45, 2.75) is 0 Å². The SMILES string of the molecule is Nc1n[nH]c(-c2cc(Cl)cc([N+](=O)[O-])c2)n1. The van der Waals surface area contributed by atoms with Crippen LogP contribution in [0.15, 0.2) is 18.2 Å². The predicted octanol–water partition coefficient (Wildman–Crippen LogP) is 1.62. The van der Waals surface area contributed by atoms with Crippen molar-refractivity contribution in [3.8, 4) is 11.4 Å². The molecule has 0 fully saturated rings. The standard InChI is InChI=1S/C8H6ClN5O2/c9-5-1-4(2-6(3-5)14(15)16)7-11-8(10)13-12-7/h1-3H,(H3,10,11,12,13). The van der Waals surface area contributed by atoms with Crippen molar-refractivity contribution in [3.05, 3.63) is 33.3 Å². The Balaban J connectivity index is 2.53. The minimum atomic E-state index is -0.533. The van der Waals surface area contributed by atoms with Gasteiger partial charge in [-0.15, -0.1) is 5.10 Å². The summed E-state index contributed by atoms with van der Waals surface area (Å²) in [5.41, 5.74) is 5.68. The van der Waals surface area contributed by atoms with Crippen molar-refractivity contribution < 1.29 is 4.92 Å². The highest BCUT2D eigenvalue weighted by Crippen LogP contribution is 2.26. The molecule has 3 N–H and O–H groups in total. The molecule has 82 valence electrons. The lowest BCUT2D eigenvalue weighted by molar-refractivity contribution is -0.384. The summed E-state index contributed by atoms with van der Waals surface area (Å²) in [6.45, 7) is 0. The second kappa shape index (κ2) is 3.78. The first-order chi connectivity index (χ1) is 7.56. The van der Waals surface area contributed by atoms with Gasteiger partial charge in [0.2, 0.25) is 5.95 Å². The number of nitrogens with zero attached hydrogens (tertiary/aromatic N) is 3. The highest BCUT2D eigenvalue weighted by atomic mass is 35.5. The lowest BCUT2D eigenvalue weighted by atomic mass is 10.2. The molecular weight excluding hydrogens is 234 g/mol. The van der Waals surface area contributed by atoms with E-state index in [-0.39, 0.29) is 16.7 Å². The number of nitro benzene ring substituents is 1. The van der Waals surface area contributed by atoms with Gasteiger partial charge in [0, 0.05) is 22.7 Å². The fourth-order valence-electron chi connectivity index (χ4n) is 1.22. The molecule has 1 heterocycles. The molecule has 16 heavy (non-hydrogen) atoms. The van der Waals surface area contributed by atoms with Gasteiger partial charge in [0.25, 0.3) is 5.69 Å². The molecule has 8 heteroatoms. The number of hydrogen-bond acceptors (Lipinski definition) is 5. The lowest BCUT2D eigenvalue weighted by Crippen LogP contribution is -1.90. The third kappa shape index (κ3) is 1.94. The molecule has 7 nitrogen and oxygen atoms in total. The van der Waals surface area contributed by atoms with Crippen molar-refractivity contribution in [3.63, 3.8) is 0 Å². The first-order valence-corrected chi connectivity index (χ1v) is 4.57. The molecule has 0 amide bonds. The first-order valence-electron chi connectivity index (χ1n) is 4.19. The highest BCUT2D eigenvalue weighted by molar-refractivity contribution is 6.31. The summed E-state index contributed by atoms with van der Waals surface area (Å²) in [6.07, 6.45) is 0. The van der Waals surface area contributed by atoms with E-state index in [2.05, 4.69) is 15.2 Å². The number of nitrogens with two attached hydrogens (primary N) is 1. The number of H-pyrrole nitrogens is 1. The molecular formula is C8H6ClN5O2. The highest BCUT2D eigenvalue weighted by Gasteiger charge is 2.12. The maximum absolute atomic E-state index is 10.6. The maximum Gasteiger partial charge on any atom is 0.271 e. The Morgan fingerprint density at radius 1 is 1.44 bits per heavy atom. The molecule has 0 aliphatic rings. The third-order valence-corrected chi connectivity index (χ3v) is 2.09. The fourth-order valence-corrected chi connectivity index (χ4v) is 1.45. The molecule has 2 aromatic rings. The average Bonchev–Trinajstić information content (AvgIpc) is 2.64. The number of hydrogen-bond donors (Lipinski definition) is 2. The molecule has 1 aromatic carbocycles. The Hall–Kier alpha value is -2.15. The maximum atomic E-state index is 10.6. The number of anilines is 1. The van der Waals surface area contributed by atoms with Crippen molar-refractivity contribution in [1.82, 2.24) is 15.2 Å². The van der Waals surface area contributed by atoms with Crippen LogP contribution < -0.4 is 5.73 Å². The van der Waals surface area contributed by atoms with Crippen LogP contribution in [0.1, 0.15) is 0 Å².